The molecular weight excluding hydrogens is 252 g/mol. The summed E-state index contributed by atoms with van der Waals surface area (Å²) >= 11 is 7.39. The smallest absolute Gasteiger partial charge is 0.102 e. The zero-order chi connectivity index (χ0) is 11.8. The van der Waals surface area contributed by atoms with Crippen LogP contribution in [0.3, 0.4) is 0 Å². The van der Waals surface area contributed by atoms with Crippen molar-refractivity contribution in [2.75, 3.05) is 0 Å². The minimum absolute atomic E-state index is 0.680. The molecule has 0 aliphatic heterocycles. The fraction of sp³-hybridized carbons (Fsp3) is 0. The quantitative estimate of drug-likeness (QED) is 0.689. The zero-order valence-corrected chi connectivity index (χ0v) is 10.3. The first-order valence-corrected chi connectivity index (χ1v) is 6.25. The molecule has 2 heterocycles. The van der Waals surface area contributed by atoms with Crippen molar-refractivity contribution in [3.63, 3.8) is 0 Å². The molecule has 0 fully saturated rings. The average Bonchev–Trinajstić information content (AvgIpc) is 2.91. The van der Waals surface area contributed by atoms with E-state index in [9.17, 15) is 5.26 Å². The van der Waals surface area contributed by atoms with E-state index in [0.717, 1.165) is 25.8 Å². The molecule has 2 aromatic heterocycles. The van der Waals surface area contributed by atoms with Gasteiger partial charge in [0.15, 0.2) is 0 Å². The highest BCUT2D eigenvalue weighted by atomic mass is 35.5. The molecule has 0 atom stereocenters. The number of nitriles is 1. The van der Waals surface area contributed by atoms with Gasteiger partial charge in [-0.15, -0.1) is 11.3 Å². The second-order valence-corrected chi connectivity index (χ2v) is 5.35. The van der Waals surface area contributed by atoms with E-state index in [1.54, 1.807) is 0 Å². The predicted molar refractivity (Wildman–Crippen MR) is 71.3 cm³/mol. The van der Waals surface area contributed by atoms with Gasteiger partial charge in [-0.3, -0.25) is 0 Å². The maximum Gasteiger partial charge on any atom is 0.102 e. The van der Waals surface area contributed by atoms with E-state index in [2.05, 4.69) is 11.1 Å². The standard InChI is InChI=1S/C13H7ClN2S/c14-12-6-5-11(17-12)13-9(7-15)8-3-1-2-4-10(8)16-13/h1-6,16H. The molecule has 0 aliphatic carbocycles. The van der Waals surface area contributed by atoms with Gasteiger partial charge in [0.2, 0.25) is 0 Å². The van der Waals surface area contributed by atoms with Crippen LogP contribution in [0.1, 0.15) is 5.56 Å². The van der Waals surface area contributed by atoms with Gasteiger partial charge in [0.1, 0.15) is 6.07 Å². The van der Waals surface area contributed by atoms with Gasteiger partial charge in [0, 0.05) is 10.9 Å². The highest BCUT2D eigenvalue weighted by Gasteiger charge is 2.13. The minimum atomic E-state index is 0.680. The van der Waals surface area contributed by atoms with Gasteiger partial charge in [0.05, 0.1) is 20.5 Å². The lowest BCUT2D eigenvalue weighted by molar-refractivity contribution is 1.45. The number of nitrogens with zero attached hydrogens (tertiary/aromatic N) is 1. The number of H-pyrrole nitrogens is 1. The van der Waals surface area contributed by atoms with E-state index in [1.807, 2.05) is 36.4 Å². The van der Waals surface area contributed by atoms with Gasteiger partial charge < -0.3 is 4.98 Å². The summed E-state index contributed by atoms with van der Waals surface area (Å²) in [6.45, 7) is 0. The molecule has 0 spiro atoms. The van der Waals surface area contributed by atoms with Crippen molar-refractivity contribution in [2.24, 2.45) is 0 Å². The van der Waals surface area contributed by atoms with E-state index in [1.165, 1.54) is 11.3 Å². The Labute approximate surface area is 107 Å². The van der Waals surface area contributed by atoms with E-state index in [-0.39, 0.29) is 0 Å². The topological polar surface area (TPSA) is 39.6 Å². The summed E-state index contributed by atoms with van der Waals surface area (Å²) in [5.41, 5.74) is 2.51. The molecule has 0 saturated heterocycles. The molecule has 17 heavy (non-hydrogen) atoms. The molecule has 3 aromatic rings. The number of benzene rings is 1. The first-order chi connectivity index (χ1) is 8.29. The number of hydrogen-bond donors (Lipinski definition) is 1. The van der Waals surface area contributed by atoms with Crippen molar-refractivity contribution >= 4 is 33.8 Å². The molecule has 0 unspecified atom stereocenters. The Morgan fingerprint density at radius 1 is 1.18 bits per heavy atom. The van der Waals surface area contributed by atoms with Crippen molar-refractivity contribution < 1.29 is 0 Å². The van der Waals surface area contributed by atoms with Gasteiger partial charge in [-0.1, -0.05) is 29.8 Å². The van der Waals surface area contributed by atoms with Crippen molar-refractivity contribution in [1.82, 2.24) is 4.98 Å². The summed E-state index contributed by atoms with van der Waals surface area (Å²) in [6.07, 6.45) is 0. The van der Waals surface area contributed by atoms with E-state index in [4.69, 9.17) is 11.6 Å². The first kappa shape index (κ1) is 10.4. The summed E-state index contributed by atoms with van der Waals surface area (Å²) in [7, 11) is 0. The van der Waals surface area contributed by atoms with E-state index >= 15 is 0 Å². The number of hydrogen-bond acceptors (Lipinski definition) is 2. The number of halogens is 1. The lowest BCUT2D eigenvalue weighted by Crippen LogP contribution is -1.75. The third-order valence-corrected chi connectivity index (χ3v) is 3.89. The van der Waals surface area contributed by atoms with Crippen LogP contribution in [0.2, 0.25) is 4.34 Å². The van der Waals surface area contributed by atoms with Crippen LogP contribution in [0, 0.1) is 11.3 Å². The van der Waals surface area contributed by atoms with Gasteiger partial charge >= 0.3 is 0 Å². The Kier molecular flexibility index (Phi) is 2.40. The minimum Gasteiger partial charge on any atom is -0.353 e. The molecule has 0 aliphatic rings. The number of thiophene rings is 1. The Morgan fingerprint density at radius 2 is 2.00 bits per heavy atom. The van der Waals surface area contributed by atoms with Crippen LogP contribution in [0.25, 0.3) is 21.5 Å². The Bertz CT molecular complexity index is 733. The fourth-order valence-corrected chi connectivity index (χ4v) is 2.94. The molecule has 1 aromatic carbocycles. The Balaban J connectivity index is 2.34. The van der Waals surface area contributed by atoms with Crippen LogP contribution in [0.4, 0.5) is 0 Å². The Hall–Kier alpha value is -1.76. The normalized spacial score (nSPS) is 10.6. The number of aromatic nitrogens is 1. The van der Waals surface area contributed by atoms with Crippen LogP contribution in [0.5, 0.6) is 0 Å². The van der Waals surface area contributed by atoms with Crippen molar-refractivity contribution in [3.8, 4) is 16.6 Å². The second-order valence-electron chi connectivity index (χ2n) is 3.64. The third-order valence-electron chi connectivity index (χ3n) is 2.64. The van der Waals surface area contributed by atoms with Crippen molar-refractivity contribution in [1.29, 1.82) is 5.26 Å². The highest BCUT2D eigenvalue weighted by molar-refractivity contribution is 7.19. The summed E-state index contributed by atoms with van der Waals surface area (Å²) in [5, 5.41) is 10.2. The van der Waals surface area contributed by atoms with Gasteiger partial charge in [0.25, 0.3) is 0 Å². The molecule has 0 bridgehead atoms. The maximum absolute atomic E-state index is 9.28. The number of para-hydroxylation sites is 1. The molecule has 2 nitrogen and oxygen atoms in total. The number of nitrogens with one attached hydrogen (secondary N) is 1. The molecule has 1 N–H and O–H groups in total. The molecule has 0 saturated carbocycles. The van der Waals surface area contributed by atoms with Crippen LogP contribution < -0.4 is 0 Å². The third kappa shape index (κ3) is 1.62. The number of rotatable bonds is 1. The van der Waals surface area contributed by atoms with Crippen molar-refractivity contribution in [3.05, 3.63) is 46.3 Å². The molecule has 4 heteroatoms. The van der Waals surface area contributed by atoms with Crippen LogP contribution in [0.15, 0.2) is 36.4 Å². The molecular formula is C13H7ClN2S. The van der Waals surface area contributed by atoms with Gasteiger partial charge in [-0.25, -0.2) is 0 Å². The lowest BCUT2D eigenvalue weighted by Gasteiger charge is -1.92. The van der Waals surface area contributed by atoms with E-state index < -0.39 is 0 Å². The lowest BCUT2D eigenvalue weighted by atomic mass is 10.1. The maximum atomic E-state index is 9.28. The zero-order valence-electron chi connectivity index (χ0n) is 8.70. The van der Waals surface area contributed by atoms with Crippen molar-refractivity contribution in [2.45, 2.75) is 0 Å². The largest absolute Gasteiger partial charge is 0.353 e. The highest BCUT2D eigenvalue weighted by Crippen LogP contribution is 2.35. The SMILES string of the molecule is N#Cc1c(-c2ccc(Cl)s2)[nH]c2ccccc12. The Morgan fingerprint density at radius 3 is 2.71 bits per heavy atom. The predicted octanol–water partition coefficient (Wildman–Crippen LogP) is 4.42. The number of aromatic amines is 1. The van der Waals surface area contributed by atoms with Crippen LogP contribution >= 0.6 is 22.9 Å². The van der Waals surface area contributed by atoms with E-state index in [0.29, 0.717) is 5.56 Å². The average molecular weight is 259 g/mol. The van der Waals surface area contributed by atoms with Gasteiger partial charge in [-0.05, 0) is 18.2 Å². The second kappa shape index (κ2) is 3.92. The first-order valence-electron chi connectivity index (χ1n) is 5.06. The molecule has 0 radical (unpaired) electrons. The van der Waals surface area contributed by atoms with Crippen LogP contribution in [-0.4, -0.2) is 4.98 Å². The molecule has 3 rings (SSSR count). The summed E-state index contributed by atoms with van der Waals surface area (Å²) in [5.74, 6) is 0. The summed E-state index contributed by atoms with van der Waals surface area (Å²) < 4.78 is 0.725. The number of fused-ring (bicyclic) bond motifs is 1. The fourth-order valence-electron chi connectivity index (χ4n) is 1.89. The molecule has 0 amide bonds. The summed E-state index contributed by atoms with van der Waals surface area (Å²) in [6, 6.07) is 13.8. The van der Waals surface area contributed by atoms with Gasteiger partial charge in [-0.2, -0.15) is 5.26 Å². The summed E-state index contributed by atoms with van der Waals surface area (Å²) in [4.78, 5) is 4.26. The monoisotopic (exact) mass is 258 g/mol. The van der Waals surface area contributed by atoms with Crippen LogP contribution in [-0.2, 0) is 0 Å². The molecule has 82 valence electrons.